The number of rotatable bonds is 5. The molecule has 2 aromatic carbocycles. The average Bonchev–Trinajstić information content (AvgIpc) is 3.37. The Labute approximate surface area is 138 Å². The van der Waals surface area contributed by atoms with Crippen LogP contribution in [0.4, 0.5) is 10.5 Å². The van der Waals surface area contributed by atoms with Crippen LogP contribution in [0.3, 0.4) is 0 Å². The van der Waals surface area contributed by atoms with Gasteiger partial charge in [-0.3, -0.25) is 0 Å². The van der Waals surface area contributed by atoms with Gasteiger partial charge in [0.05, 0.1) is 0 Å². The number of amides is 2. The number of aryl methyl sites for hydroxylation is 2. The molecule has 0 saturated heterocycles. The predicted octanol–water partition coefficient (Wildman–Crippen LogP) is 4.41. The zero-order chi connectivity index (χ0) is 16.3. The molecule has 0 aromatic heterocycles. The third kappa shape index (κ3) is 3.39. The average molecular weight is 308 g/mol. The molecule has 0 atom stereocenters. The summed E-state index contributed by atoms with van der Waals surface area (Å²) in [4.78, 5) is 12.3. The van der Waals surface area contributed by atoms with Gasteiger partial charge in [-0.1, -0.05) is 55.5 Å². The van der Waals surface area contributed by atoms with Gasteiger partial charge in [0, 0.05) is 17.6 Å². The minimum absolute atomic E-state index is 0.115. The van der Waals surface area contributed by atoms with Crippen molar-refractivity contribution in [3.63, 3.8) is 0 Å². The van der Waals surface area contributed by atoms with Gasteiger partial charge in [-0.2, -0.15) is 0 Å². The van der Waals surface area contributed by atoms with Crippen LogP contribution >= 0.6 is 0 Å². The van der Waals surface area contributed by atoms with Crippen molar-refractivity contribution in [3.05, 3.63) is 65.2 Å². The molecule has 2 amide bonds. The van der Waals surface area contributed by atoms with Crippen LogP contribution in [-0.2, 0) is 11.8 Å². The number of nitrogens with one attached hydrogen (secondary N) is 2. The first kappa shape index (κ1) is 15.6. The molecule has 1 aliphatic rings. The maximum Gasteiger partial charge on any atom is 0.319 e. The molecule has 0 aliphatic heterocycles. The molecule has 23 heavy (non-hydrogen) atoms. The van der Waals surface area contributed by atoms with E-state index >= 15 is 0 Å². The van der Waals surface area contributed by atoms with Crippen molar-refractivity contribution in [2.24, 2.45) is 0 Å². The number of carbonyl (C=O) groups is 1. The highest BCUT2D eigenvalue weighted by atomic mass is 16.2. The lowest BCUT2D eigenvalue weighted by Crippen LogP contribution is -2.35. The Morgan fingerprint density at radius 3 is 2.48 bits per heavy atom. The van der Waals surface area contributed by atoms with Gasteiger partial charge in [-0.25, -0.2) is 4.79 Å². The molecule has 3 rings (SSSR count). The Morgan fingerprint density at radius 1 is 1.09 bits per heavy atom. The molecule has 120 valence electrons. The summed E-state index contributed by atoms with van der Waals surface area (Å²) in [5.41, 5.74) is 4.67. The van der Waals surface area contributed by atoms with Crippen LogP contribution in [0, 0.1) is 6.92 Å². The van der Waals surface area contributed by atoms with Gasteiger partial charge in [0.25, 0.3) is 0 Å². The Balaban J connectivity index is 1.63. The lowest BCUT2D eigenvalue weighted by Gasteiger charge is -2.18. The number of benzene rings is 2. The van der Waals surface area contributed by atoms with Crippen molar-refractivity contribution in [3.8, 4) is 0 Å². The van der Waals surface area contributed by atoms with Crippen molar-refractivity contribution < 1.29 is 4.79 Å². The first-order chi connectivity index (χ1) is 11.1. The highest BCUT2D eigenvalue weighted by Crippen LogP contribution is 2.47. The van der Waals surface area contributed by atoms with Crippen molar-refractivity contribution in [2.45, 2.75) is 38.5 Å². The van der Waals surface area contributed by atoms with E-state index in [2.05, 4.69) is 47.9 Å². The number of carbonyl (C=O) groups excluding carboxylic acids is 1. The topological polar surface area (TPSA) is 41.1 Å². The van der Waals surface area contributed by atoms with E-state index in [0.717, 1.165) is 30.5 Å². The van der Waals surface area contributed by atoms with Crippen LogP contribution < -0.4 is 10.6 Å². The van der Waals surface area contributed by atoms with E-state index in [1.807, 2.05) is 25.1 Å². The number of anilines is 1. The van der Waals surface area contributed by atoms with E-state index in [1.165, 1.54) is 11.1 Å². The number of para-hydroxylation sites is 1. The maximum atomic E-state index is 12.3. The van der Waals surface area contributed by atoms with Gasteiger partial charge in [-0.15, -0.1) is 0 Å². The molecular formula is C20H24N2O. The van der Waals surface area contributed by atoms with Crippen LogP contribution in [0.25, 0.3) is 0 Å². The summed E-state index contributed by atoms with van der Waals surface area (Å²) in [6.07, 6.45) is 3.19. The largest absolute Gasteiger partial charge is 0.337 e. The van der Waals surface area contributed by atoms with E-state index in [4.69, 9.17) is 0 Å². The smallest absolute Gasteiger partial charge is 0.319 e. The van der Waals surface area contributed by atoms with E-state index in [1.54, 1.807) is 0 Å². The van der Waals surface area contributed by atoms with Gasteiger partial charge in [0.1, 0.15) is 0 Å². The summed E-state index contributed by atoms with van der Waals surface area (Å²) < 4.78 is 0. The SMILES string of the molecule is CCc1cccc(C)c1NC(=O)NCC1(c2ccccc2)CC1. The van der Waals surface area contributed by atoms with Crippen LogP contribution in [0.1, 0.15) is 36.5 Å². The predicted molar refractivity (Wildman–Crippen MR) is 94.9 cm³/mol. The first-order valence-corrected chi connectivity index (χ1v) is 8.33. The molecule has 1 fully saturated rings. The lowest BCUT2D eigenvalue weighted by molar-refractivity contribution is 0.251. The quantitative estimate of drug-likeness (QED) is 0.844. The monoisotopic (exact) mass is 308 g/mol. The second kappa shape index (κ2) is 6.45. The minimum Gasteiger partial charge on any atom is -0.337 e. The second-order valence-corrected chi connectivity index (χ2v) is 6.42. The fraction of sp³-hybridized carbons (Fsp3) is 0.350. The molecule has 0 radical (unpaired) electrons. The van der Waals surface area contributed by atoms with Crippen LogP contribution in [0.2, 0.25) is 0 Å². The first-order valence-electron chi connectivity index (χ1n) is 8.33. The zero-order valence-corrected chi connectivity index (χ0v) is 13.9. The summed E-state index contributed by atoms with van der Waals surface area (Å²) >= 11 is 0. The highest BCUT2D eigenvalue weighted by Gasteiger charge is 2.44. The van der Waals surface area contributed by atoms with Crippen LogP contribution in [0.5, 0.6) is 0 Å². The minimum atomic E-state index is -0.115. The summed E-state index contributed by atoms with van der Waals surface area (Å²) in [7, 11) is 0. The molecule has 3 heteroatoms. The van der Waals surface area contributed by atoms with Gasteiger partial charge >= 0.3 is 6.03 Å². The van der Waals surface area contributed by atoms with E-state index in [-0.39, 0.29) is 11.4 Å². The number of hydrogen-bond donors (Lipinski definition) is 2. The second-order valence-electron chi connectivity index (χ2n) is 6.42. The molecule has 3 nitrogen and oxygen atoms in total. The number of hydrogen-bond acceptors (Lipinski definition) is 1. The van der Waals surface area contributed by atoms with E-state index < -0.39 is 0 Å². The van der Waals surface area contributed by atoms with Gasteiger partial charge in [0.2, 0.25) is 0 Å². The molecule has 0 bridgehead atoms. The third-order valence-corrected chi connectivity index (χ3v) is 4.81. The summed E-state index contributed by atoms with van der Waals surface area (Å²) in [5.74, 6) is 0. The molecule has 2 aromatic rings. The van der Waals surface area contributed by atoms with E-state index in [9.17, 15) is 4.79 Å². The molecular weight excluding hydrogens is 284 g/mol. The third-order valence-electron chi connectivity index (χ3n) is 4.81. The Bertz CT molecular complexity index is 690. The zero-order valence-electron chi connectivity index (χ0n) is 13.9. The normalized spacial score (nSPS) is 15.0. The van der Waals surface area contributed by atoms with Crippen molar-refractivity contribution in [1.82, 2.24) is 5.32 Å². The van der Waals surface area contributed by atoms with Gasteiger partial charge in [0.15, 0.2) is 0 Å². The van der Waals surface area contributed by atoms with Gasteiger partial charge in [-0.05, 0) is 42.9 Å². The molecule has 0 unspecified atom stereocenters. The fourth-order valence-electron chi connectivity index (χ4n) is 3.12. The van der Waals surface area contributed by atoms with E-state index in [0.29, 0.717) is 6.54 Å². The highest BCUT2D eigenvalue weighted by molar-refractivity contribution is 5.91. The lowest BCUT2D eigenvalue weighted by atomic mass is 9.96. The summed E-state index contributed by atoms with van der Waals surface area (Å²) in [6, 6.07) is 16.5. The fourth-order valence-corrected chi connectivity index (χ4v) is 3.12. The molecule has 1 saturated carbocycles. The maximum absolute atomic E-state index is 12.3. The molecule has 0 heterocycles. The van der Waals surface area contributed by atoms with Crippen molar-refractivity contribution >= 4 is 11.7 Å². The number of urea groups is 1. The molecule has 1 aliphatic carbocycles. The Morgan fingerprint density at radius 2 is 1.83 bits per heavy atom. The Hall–Kier alpha value is -2.29. The van der Waals surface area contributed by atoms with Gasteiger partial charge < -0.3 is 10.6 Å². The Kier molecular flexibility index (Phi) is 4.37. The summed E-state index contributed by atoms with van der Waals surface area (Å²) in [6.45, 7) is 4.82. The van der Waals surface area contributed by atoms with Crippen LogP contribution in [-0.4, -0.2) is 12.6 Å². The molecule has 0 spiro atoms. The van der Waals surface area contributed by atoms with Crippen LogP contribution in [0.15, 0.2) is 48.5 Å². The van der Waals surface area contributed by atoms with Crippen molar-refractivity contribution in [2.75, 3.05) is 11.9 Å². The summed E-state index contributed by atoms with van der Waals surface area (Å²) in [5, 5.41) is 6.09. The standard InChI is InChI=1S/C20H24N2O/c1-3-16-9-7-8-15(2)18(16)22-19(23)21-14-20(12-13-20)17-10-5-4-6-11-17/h4-11H,3,12-14H2,1-2H3,(H2,21,22,23). The molecule has 2 N–H and O–H groups in total. The van der Waals surface area contributed by atoms with Crippen molar-refractivity contribution in [1.29, 1.82) is 0 Å².